The fourth-order valence-electron chi connectivity index (χ4n) is 2.53. The maximum atomic E-state index is 13.7. The van der Waals surface area contributed by atoms with Crippen LogP contribution >= 0.6 is 0 Å². The molecule has 0 unspecified atom stereocenters. The minimum absolute atomic E-state index is 0.116. The highest BCUT2D eigenvalue weighted by Gasteiger charge is 2.31. The molecule has 1 fully saturated rings. The van der Waals surface area contributed by atoms with Gasteiger partial charge in [-0.25, -0.2) is 4.39 Å². The van der Waals surface area contributed by atoms with Gasteiger partial charge in [0.1, 0.15) is 17.1 Å². The van der Waals surface area contributed by atoms with Crippen molar-refractivity contribution in [3.63, 3.8) is 0 Å². The van der Waals surface area contributed by atoms with Gasteiger partial charge in [0.15, 0.2) is 0 Å². The van der Waals surface area contributed by atoms with E-state index in [1.165, 1.54) is 18.2 Å². The lowest BCUT2D eigenvalue weighted by Crippen LogP contribution is -2.58. The zero-order chi connectivity index (χ0) is 15.6. The van der Waals surface area contributed by atoms with E-state index in [2.05, 4.69) is 18.7 Å². The van der Waals surface area contributed by atoms with Crippen LogP contribution in [0.5, 0.6) is 5.75 Å². The number of hydrogen-bond acceptors (Lipinski definition) is 4. The molecule has 0 atom stereocenters. The second kappa shape index (κ2) is 5.99. The van der Waals surface area contributed by atoms with Gasteiger partial charge >= 0.3 is 0 Å². The third-order valence-corrected chi connectivity index (χ3v) is 4.13. The lowest BCUT2D eigenvalue weighted by Gasteiger charge is -2.43. The second-order valence-corrected chi connectivity index (χ2v) is 5.93. The number of piperazine rings is 1. The summed E-state index contributed by atoms with van der Waals surface area (Å²) in [5, 5.41) is 9.70. The van der Waals surface area contributed by atoms with Gasteiger partial charge < -0.3 is 15.7 Å². The molecule has 1 amide bonds. The Balaban J connectivity index is 2.07. The van der Waals surface area contributed by atoms with Crippen LogP contribution in [0.25, 0.3) is 0 Å². The topological polar surface area (TPSA) is 69.8 Å². The average Bonchev–Trinajstić information content (AvgIpc) is 2.47. The van der Waals surface area contributed by atoms with Gasteiger partial charge in [0.05, 0.1) is 0 Å². The van der Waals surface area contributed by atoms with Gasteiger partial charge in [-0.1, -0.05) is 6.07 Å². The molecule has 0 aromatic heterocycles. The number of phenols is 1. The summed E-state index contributed by atoms with van der Waals surface area (Å²) >= 11 is 0. The normalized spacial score (nSPS) is 17.0. The van der Waals surface area contributed by atoms with Crippen LogP contribution in [0.4, 0.5) is 4.39 Å². The molecule has 5 nitrogen and oxygen atoms in total. The van der Waals surface area contributed by atoms with Crippen molar-refractivity contribution in [2.24, 2.45) is 5.73 Å². The standard InChI is InChI=1S/C15H22FN3O2/c1-15(2,10-17)19-8-6-18(7-9-19)14(21)13-11(16)4-3-5-12(13)20/h3-5,20H,6-10,17H2,1-2H3. The first-order valence-corrected chi connectivity index (χ1v) is 7.08. The van der Waals surface area contributed by atoms with E-state index in [0.29, 0.717) is 32.7 Å². The number of benzene rings is 1. The molecule has 0 bridgehead atoms. The number of hydrogen-bond donors (Lipinski definition) is 2. The highest BCUT2D eigenvalue weighted by molar-refractivity contribution is 5.97. The first-order chi connectivity index (χ1) is 9.86. The average molecular weight is 295 g/mol. The van der Waals surface area contributed by atoms with Gasteiger partial charge in [0.25, 0.3) is 5.91 Å². The third-order valence-electron chi connectivity index (χ3n) is 4.13. The van der Waals surface area contributed by atoms with Crippen molar-refractivity contribution in [3.05, 3.63) is 29.6 Å². The molecule has 1 saturated heterocycles. The molecule has 1 aliphatic heterocycles. The van der Waals surface area contributed by atoms with Crippen molar-refractivity contribution >= 4 is 5.91 Å². The second-order valence-electron chi connectivity index (χ2n) is 5.93. The van der Waals surface area contributed by atoms with E-state index >= 15 is 0 Å². The number of phenolic OH excluding ortho intramolecular Hbond substituents is 1. The van der Waals surface area contributed by atoms with E-state index in [1.807, 2.05) is 0 Å². The number of carbonyl (C=O) groups excluding carboxylic acids is 1. The summed E-state index contributed by atoms with van der Waals surface area (Å²) in [7, 11) is 0. The van der Waals surface area contributed by atoms with Crippen molar-refractivity contribution < 1.29 is 14.3 Å². The van der Waals surface area contributed by atoms with Gasteiger partial charge in [0.2, 0.25) is 0 Å². The smallest absolute Gasteiger partial charge is 0.260 e. The fraction of sp³-hybridized carbons (Fsp3) is 0.533. The Morgan fingerprint density at radius 1 is 1.33 bits per heavy atom. The quantitative estimate of drug-likeness (QED) is 0.874. The molecule has 6 heteroatoms. The number of rotatable bonds is 3. The molecule has 1 heterocycles. The summed E-state index contributed by atoms with van der Waals surface area (Å²) < 4.78 is 13.7. The minimum Gasteiger partial charge on any atom is -0.507 e. The largest absolute Gasteiger partial charge is 0.507 e. The third kappa shape index (κ3) is 3.16. The van der Waals surface area contributed by atoms with Crippen LogP contribution in [0.3, 0.4) is 0 Å². The fourth-order valence-corrected chi connectivity index (χ4v) is 2.53. The lowest BCUT2D eigenvalue weighted by atomic mass is 10.0. The summed E-state index contributed by atoms with van der Waals surface area (Å²) in [6.45, 7) is 7.03. The van der Waals surface area contributed by atoms with Crippen LogP contribution in [-0.4, -0.2) is 59.1 Å². The molecule has 0 saturated carbocycles. The van der Waals surface area contributed by atoms with Gasteiger partial charge in [-0.05, 0) is 26.0 Å². The summed E-state index contributed by atoms with van der Waals surface area (Å²) in [5.74, 6) is -1.47. The number of carbonyl (C=O) groups is 1. The van der Waals surface area contributed by atoms with Crippen molar-refractivity contribution in [1.82, 2.24) is 9.80 Å². The van der Waals surface area contributed by atoms with Crippen LogP contribution in [-0.2, 0) is 0 Å². The van der Waals surface area contributed by atoms with Crippen LogP contribution in [0.2, 0.25) is 0 Å². The van der Waals surface area contributed by atoms with E-state index in [0.717, 1.165) is 0 Å². The SMILES string of the molecule is CC(C)(CN)N1CCN(C(=O)c2c(O)cccc2F)CC1. The van der Waals surface area contributed by atoms with E-state index in [1.54, 1.807) is 4.90 Å². The molecule has 1 aliphatic rings. The maximum absolute atomic E-state index is 13.7. The molecular weight excluding hydrogens is 273 g/mol. The maximum Gasteiger partial charge on any atom is 0.260 e. The molecule has 21 heavy (non-hydrogen) atoms. The van der Waals surface area contributed by atoms with Crippen LogP contribution in [0.15, 0.2) is 18.2 Å². The van der Waals surface area contributed by atoms with Crippen LogP contribution < -0.4 is 5.73 Å². The Kier molecular flexibility index (Phi) is 4.49. The van der Waals surface area contributed by atoms with Crippen LogP contribution in [0.1, 0.15) is 24.2 Å². The zero-order valence-corrected chi connectivity index (χ0v) is 12.5. The van der Waals surface area contributed by atoms with E-state index in [4.69, 9.17) is 5.73 Å². The Morgan fingerprint density at radius 3 is 2.48 bits per heavy atom. The van der Waals surface area contributed by atoms with Gasteiger partial charge in [0, 0.05) is 38.3 Å². The van der Waals surface area contributed by atoms with Crippen molar-refractivity contribution in [2.75, 3.05) is 32.7 Å². The summed E-state index contributed by atoms with van der Waals surface area (Å²) in [4.78, 5) is 16.1. The van der Waals surface area contributed by atoms with Gasteiger partial charge in [-0.3, -0.25) is 9.69 Å². The molecule has 1 aromatic carbocycles. The number of aromatic hydroxyl groups is 1. The molecule has 0 aliphatic carbocycles. The van der Waals surface area contributed by atoms with Gasteiger partial charge in [-0.15, -0.1) is 0 Å². The van der Waals surface area contributed by atoms with Crippen molar-refractivity contribution in [1.29, 1.82) is 0 Å². The summed E-state index contributed by atoms with van der Waals surface area (Å²) in [6, 6.07) is 3.88. The number of halogens is 1. The van der Waals surface area contributed by atoms with Crippen molar-refractivity contribution in [2.45, 2.75) is 19.4 Å². The summed E-state index contributed by atoms with van der Waals surface area (Å²) in [6.07, 6.45) is 0. The monoisotopic (exact) mass is 295 g/mol. The van der Waals surface area contributed by atoms with E-state index in [-0.39, 0.29) is 16.9 Å². The highest BCUT2D eigenvalue weighted by Crippen LogP contribution is 2.23. The molecule has 0 spiro atoms. The Bertz CT molecular complexity index is 505. The minimum atomic E-state index is -0.690. The molecule has 2 rings (SSSR count). The molecule has 0 radical (unpaired) electrons. The Labute approximate surface area is 124 Å². The predicted octanol–water partition coefficient (Wildman–Crippen LogP) is 1.03. The van der Waals surface area contributed by atoms with Crippen LogP contribution in [0, 0.1) is 5.82 Å². The number of amides is 1. The highest BCUT2D eigenvalue weighted by atomic mass is 19.1. The number of nitrogens with zero attached hydrogens (tertiary/aromatic N) is 2. The summed E-state index contributed by atoms with van der Waals surface area (Å²) in [5.41, 5.74) is 5.40. The lowest BCUT2D eigenvalue weighted by molar-refractivity contribution is 0.0421. The zero-order valence-electron chi connectivity index (χ0n) is 12.5. The molecule has 1 aromatic rings. The number of nitrogens with two attached hydrogens (primary N) is 1. The van der Waals surface area contributed by atoms with E-state index in [9.17, 15) is 14.3 Å². The first kappa shape index (κ1) is 15.7. The Hall–Kier alpha value is -1.66. The molecular formula is C15H22FN3O2. The van der Waals surface area contributed by atoms with Crippen molar-refractivity contribution in [3.8, 4) is 5.75 Å². The van der Waals surface area contributed by atoms with E-state index < -0.39 is 11.7 Å². The van der Waals surface area contributed by atoms with Gasteiger partial charge in [-0.2, -0.15) is 0 Å². The Morgan fingerprint density at radius 2 is 1.95 bits per heavy atom. The molecule has 116 valence electrons. The predicted molar refractivity (Wildman–Crippen MR) is 78.7 cm³/mol. The molecule has 3 N–H and O–H groups in total. The first-order valence-electron chi connectivity index (χ1n) is 7.08.